The number of nitrogens with zero attached hydrogens (tertiary/aromatic N) is 2. The zero-order valence-electron chi connectivity index (χ0n) is 42.2. The molecule has 2 N–H and O–H groups in total. The maximum absolute atomic E-state index is 12.4. The molecule has 0 aromatic heterocycles. The summed E-state index contributed by atoms with van der Waals surface area (Å²) in [5.74, 6) is 0.607. The summed E-state index contributed by atoms with van der Waals surface area (Å²) in [6, 6.07) is 0. The van der Waals surface area contributed by atoms with Crippen molar-refractivity contribution in [1.29, 1.82) is 0 Å². The molecular formula is C52H102N4O6+2. The lowest BCUT2D eigenvalue weighted by atomic mass is 9.84. The summed E-state index contributed by atoms with van der Waals surface area (Å²) in [7, 11) is 10.9. The zero-order chi connectivity index (χ0) is 46.2. The van der Waals surface area contributed by atoms with E-state index in [4.69, 9.17) is 9.47 Å². The number of amides is 2. The van der Waals surface area contributed by atoms with Gasteiger partial charge < -0.3 is 29.1 Å². The second-order valence-electron chi connectivity index (χ2n) is 19.7. The van der Waals surface area contributed by atoms with Gasteiger partial charge in [-0.25, -0.2) is 9.59 Å². The first-order chi connectivity index (χ1) is 29.8. The average Bonchev–Trinajstić information content (AvgIpc) is 3.23. The lowest BCUT2D eigenvalue weighted by molar-refractivity contribution is -0.883. The maximum Gasteiger partial charge on any atom is 0.361 e. The highest BCUT2D eigenvalue weighted by Crippen LogP contribution is 2.30. The first-order valence-corrected chi connectivity index (χ1v) is 25.8. The number of esters is 2. The summed E-state index contributed by atoms with van der Waals surface area (Å²) in [5.41, 5.74) is 1.76. The van der Waals surface area contributed by atoms with Gasteiger partial charge in [0.1, 0.15) is 0 Å². The molecule has 0 saturated heterocycles. The SMILES string of the molecule is CCCCCCCC/C(=C\CCCCCCCC(=O)NCCC[N+](C)(C)CC(=O)OC)C(CCCCCCCC)CCCCCCCCC(=O)NCCC[N+](C)(C)CC(=O)OC. The number of hydrogen-bond donors (Lipinski definition) is 2. The number of nitrogens with one attached hydrogen (secondary N) is 2. The van der Waals surface area contributed by atoms with E-state index < -0.39 is 0 Å². The Kier molecular flexibility index (Phi) is 38.5. The van der Waals surface area contributed by atoms with Gasteiger partial charge in [-0.2, -0.15) is 0 Å². The summed E-state index contributed by atoms with van der Waals surface area (Å²) >= 11 is 0. The highest BCUT2D eigenvalue weighted by atomic mass is 16.5. The van der Waals surface area contributed by atoms with Crippen LogP contribution in [0.5, 0.6) is 0 Å². The first-order valence-electron chi connectivity index (χ1n) is 25.8. The Bertz CT molecular complexity index is 1160. The average molecular weight is 879 g/mol. The van der Waals surface area contributed by atoms with Crippen LogP contribution in [0.1, 0.15) is 213 Å². The van der Waals surface area contributed by atoms with Gasteiger partial charge in [0.05, 0.1) is 55.5 Å². The summed E-state index contributed by atoms with van der Waals surface area (Å²) in [5, 5.41) is 6.14. The third-order valence-electron chi connectivity index (χ3n) is 12.6. The molecule has 0 bridgehead atoms. The molecule has 2 amide bonds. The molecule has 0 aromatic carbocycles. The first kappa shape index (κ1) is 59.5. The van der Waals surface area contributed by atoms with Crippen LogP contribution in [0, 0.1) is 5.92 Å². The molecule has 0 spiro atoms. The monoisotopic (exact) mass is 879 g/mol. The van der Waals surface area contributed by atoms with Gasteiger partial charge in [-0.1, -0.05) is 147 Å². The molecule has 0 saturated carbocycles. The van der Waals surface area contributed by atoms with Crippen LogP contribution in [0.3, 0.4) is 0 Å². The predicted octanol–water partition coefficient (Wildman–Crippen LogP) is 11.4. The van der Waals surface area contributed by atoms with E-state index >= 15 is 0 Å². The Morgan fingerprint density at radius 1 is 0.468 bits per heavy atom. The van der Waals surface area contributed by atoms with E-state index in [1.807, 2.05) is 28.2 Å². The number of carbonyl (C=O) groups excluding carboxylic acids is 4. The van der Waals surface area contributed by atoms with Crippen LogP contribution in [0.25, 0.3) is 0 Å². The van der Waals surface area contributed by atoms with Crippen LogP contribution in [0.2, 0.25) is 0 Å². The Morgan fingerprint density at radius 3 is 1.23 bits per heavy atom. The smallest absolute Gasteiger partial charge is 0.361 e. The van der Waals surface area contributed by atoms with Crippen molar-refractivity contribution in [1.82, 2.24) is 10.6 Å². The van der Waals surface area contributed by atoms with Crippen molar-refractivity contribution in [2.75, 3.05) is 81.7 Å². The van der Waals surface area contributed by atoms with E-state index in [1.54, 1.807) is 5.57 Å². The molecule has 0 aromatic rings. The van der Waals surface area contributed by atoms with Crippen LogP contribution < -0.4 is 10.6 Å². The van der Waals surface area contributed by atoms with Gasteiger partial charge in [-0.3, -0.25) is 9.59 Å². The molecule has 0 radical (unpaired) electrons. The van der Waals surface area contributed by atoms with E-state index in [1.165, 1.54) is 162 Å². The lowest BCUT2D eigenvalue weighted by Crippen LogP contribution is -2.45. The summed E-state index contributed by atoms with van der Waals surface area (Å²) < 4.78 is 10.7. The van der Waals surface area contributed by atoms with Gasteiger partial charge in [0, 0.05) is 38.8 Å². The fraction of sp³-hybridized carbons (Fsp3) is 0.885. The zero-order valence-corrected chi connectivity index (χ0v) is 42.2. The van der Waals surface area contributed by atoms with Gasteiger partial charge >= 0.3 is 11.9 Å². The van der Waals surface area contributed by atoms with Crippen LogP contribution in [-0.2, 0) is 28.7 Å². The molecule has 10 nitrogen and oxygen atoms in total. The molecule has 0 aliphatic heterocycles. The molecule has 1 atom stereocenters. The van der Waals surface area contributed by atoms with E-state index in [-0.39, 0.29) is 23.8 Å². The molecule has 364 valence electrons. The molecule has 62 heavy (non-hydrogen) atoms. The highest BCUT2D eigenvalue weighted by molar-refractivity contribution is 5.76. The normalized spacial score (nSPS) is 12.6. The third-order valence-corrected chi connectivity index (χ3v) is 12.6. The number of ether oxygens (including phenoxy) is 2. The largest absolute Gasteiger partial charge is 0.465 e. The van der Waals surface area contributed by atoms with Gasteiger partial charge in [-0.05, 0) is 57.3 Å². The Balaban J connectivity index is 4.83. The Morgan fingerprint density at radius 2 is 0.823 bits per heavy atom. The predicted molar refractivity (Wildman–Crippen MR) is 260 cm³/mol. The molecule has 0 aliphatic carbocycles. The number of quaternary nitrogens is 2. The molecule has 1 unspecified atom stereocenters. The third kappa shape index (κ3) is 38.0. The number of likely N-dealkylation sites (N-methyl/N-ethyl adjacent to an activating group) is 2. The maximum atomic E-state index is 12.4. The van der Waals surface area contributed by atoms with E-state index in [9.17, 15) is 19.2 Å². The molecule has 0 fully saturated rings. The highest BCUT2D eigenvalue weighted by Gasteiger charge is 2.21. The quantitative estimate of drug-likeness (QED) is 0.0273. The standard InChI is InChI=1S/C52H100N4O6/c1-9-11-13-15-21-27-35-47(37-29-23-17-19-25-31-39-49(57)53-41-33-43-55(3,4)45-51(59)61-7)48(36-28-22-16-14-12-10-2)38-30-24-18-20-26-32-40-50(58)54-42-34-44-56(5,6)46-52(60)62-8/h37,48H,9-36,38-46H2,1-8H3/p+2/b47-37+. The minimum Gasteiger partial charge on any atom is -0.465 e. The van der Waals surface area contributed by atoms with Crippen molar-refractivity contribution in [3.05, 3.63) is 11.6 Å². The molecular weight excluding hydrogens is 777 g/mol. The second-order valence-corrected chi connectivity index (χ2v) is 19.7. The second kappa shape index (κ2) is 40.1. The van der Waals surface area contributed by atoms with Crippen molar-refractivity contribution >= 4 is 23.8 Å². The van der Waals surface area contributed by atoms with Crippen LogP contribution in [0.4, 0.5) is 0 Å². The van der Waals surface area contributed by atoms with E-state index in [2.05, 4.69) is 30.6 Å². The van der Waals surface area contributed by atoms with Crippen molar-refractivity contribution in [2.45, 2.75) is 213 Å². The number of carbonyl (C=O) groups is 4. The summed E-state index contributed by atoms with van der Waals surface area (Å²) in [6.07, 6.45) is 39.7. The van der Waals surface area contributed by atoms with Crippen molar-refractivity contribution < 1.29 is 37.6 Å². The summed E-state index contributed by atoms with van der Waals surface area (Å²) in [4.78, 5) is 48.0. The molecule has 0 aliphatic rings. The van der Waals surface area contributed by atoms with Crippen molar-refractivity contribution in [3.8, 4) is 0 Å². The summed E-state index contributed by atoms with van der Waals surface area (Å²) in [6.45, 7) is 8.23. The lowest BCUT2D eigenvalue weighted by Gasteiger charge is -2.28. The van der Waals surface area contributed by atoms with Crippen molar-refractivity contribution in [2.24, 2.45) is 5.92 Å². The van der Waals surface area contributed by atoms with Crippen LogP contribution in [-0.4, -0.2) is 114 Å². The number of unbranched alkanes of at least 4 members (excludes halogenated alkanes) is 20. The van der Waals surface area contributed by atoms with Gasteiger partial charge in [0.15, 0.2) is 13.1 Å². The van der Waals surface area contributed by atoms with Crippen LogP contribution >= 0.6 is 0 Å². The van der Waals surface area contributed by atoms with E-state index in [0.717, 1.165) is 57.5 Å². The Hall–Kier alpha value is -2.46. The number of hydrogen-bond acceptors (Lipinski definition) is 6. The van der Waals surface area contributed by atoms with Crippen LogP contribution in [0.15, 0.2) is 11.6 Å². The number of methoxy groups -OCH3 is 2. The molecule has 10 heteroatoms. The number of allylic oxidation sites excluding steroid dienone is 2. The number of rotatable bonds is 44. The molecule has 0 rings (SSSR count). The Labute approximate surface area is 383 Å². The van der Waals surface area contributed by atoms with E-state index in [0.29, 0.717) is 48.0 Å². The van der Waals surface area contributed by atoms with Gasteiger partial charge in [0.2, 0.25) is 11.8 Å². The fourth-order valence-electron chi connectivity index (χ4n) is 8.53. The minimum absolute atomic E-state index is 0.143. The fourth-order valence-corrected chi connectivity index (χ4v) is 8.53. The minimum atomic E-state index is -0.203. The molecule has 0 heterocycles. The van der Waals surface area contributed by atoms with Gasteiger partial charge in [0.25, 0.3) is 0 Å². The van der Waals surface area contributed by atoms with Gasteiger partial charge in [-0.15, -0.1) is 0 Å². The topological polar surface area (TPSA) is 111 Å². The van der Waals surface area contributed by atoms with Crippen molar-refractivity contribution in [3.63, 3.8) is 0 Å².